The average molecular weight is 408 g/mol. The van der Waals surface area contributed by atoms with Gasteiger partial charge in [0.15, 0.2) is 6.10 Å². The van der Waals surface area contributed by atoms with Crippen molar-refractivity contribution in [2.75, 3.05) is 13.7 Å². The summed E-state index contributed by atoms with van der Waals surface area (Å²) >= 11 is 11.9. The maximum atomic E-state index is 12.2. The fraction of sp³-hybridized carbons (Fsp3) is 0.263. The van der Waals surface area contributed by atoms with Crippen LogP contribution in [0.2, 0.25) is 10.0 Å². The number of carbonyl (C=O) groups is 1. The van der Waals surface area contributed by atoms with Crippen LogP contribution in [-0.2, 0) is 11.2 Å². The summed E-state index contributed by atoms with van der Waals surface area (Å²) in [5.74, 6) is 1.72. The molecule has 0 saturated carbocycles. The number of nitrogens with zero attached hydrogens (tertiary/aromatic N) is 1. The van der Waals surface area contributed by atoms with Crippen LogP contribution < -0.4 is 14.8 Å². The van der Waals surface area contributed by atoms with Crippen LogP contribution in [-0.4, -0.2) is 35.6 Å². The lowest BCUT2D eigenvalue weighted by molar-refractivity contribution is -0.127. The molecule has 6 nitrogen and oxygen atoms in total. The van der Waals surface area contributed by atoms with E-state index in [0.717, 1.165) is 22.6 Å². The number of fused-ring (bicyclic) bond motifs is 1. The molecular formula is C19H19Cl2N3O3. The third-order valence-electron chi connectivity index (χ3n) is 3.97. The van der Waals surface area contributed by atoms with E-state index in [-0.39, 0.29) is 5.91 Å². The van der Waals surface area contributed by atoms with Crippen LogP contribution in [0.1, 0.15) is 12.7 Å². The zero-order chi connectivity index (χ0) is 19.4. The Balaban J connectivity index is 1.52. The Bertz CT molecular complexity index is 959. The van der Waals surface area contributed by atoms with Crippen LogP contribution in [0, 0.1) is 0 Å². The third kappa shape index (κ3) is 4.84. The zero-order valence-corrected chi connectivity index (χ0v) is 16.4. The molecule has 0 fully saturated rings. The number of methoxy groups -OCH3 is 1. The van der Waals surface area contributed by atoms with Gasteiger partial charge in [-0.2, -0.15) is 0 Å². The minimum absolute atomic E-state index is 0.237. The van der Waals surface area contributed by atoms with Gasteiger partial charge >= 0.3 is 0 Å². The lowest BCUT2D eigenvalue weighted by Gasteiger charge is -2.15. The number of ether oxygens (including phenoxy) is 2. The Morgan fingerprint density at radius 1 is 1.26 bits per heavy atom. The largest absolute Gasteiger partial charge is 0.497 e. The van der Waals surface area contributed by atoms with E-state index in [2.05, 4.69) is 15.3 Å². The van der Waals surface area contributed by atoms with Gasteiger partial charge in [0.2, 0.25) is 0 Å². The van der Waals surface area contributed by atoms with Gasteiger partial charge in [-0.15, -0.1) is 0 Å². The van der Waals surface area contributed by atoms with E-state index < -0.39 is 6.10 Å². The third-order valence-corrected chi connectivity index (χ3v) is 4.50. The van der Waals surface area contributed by atoms with E-state index >= 15 is 0 Å². The molecule has 0 aliphatic rings. The highest BCUT2D eigenvalue weighted by atomic mass is 35.5. The highest BCUT2D eigenvalue weighted by molar-refractivity contribution is 6.35. The average Bonchev–Trinajstić information content (AvgIpc) is 3.05. The van der Waals surface area contributed by atoms with Gasteiger partial charge in [0.05, 0.1) is 23.2 Å². The van der Waals surface area contributed by atoms with E-state index in [1.54, 1.807) is 32.2 Å². The Hall–Kier alpha value is -2.44. The van der Waals surface area contributed by atoms with Crippen molar-refractivity contribution < 1.29 is 14.3 Å². The molecule has 2 aromatic carbocycles. The molecule has 8 heteroatoms. The van der Waals surface area contributed by atoms with Gasteiger partial charge in [0.25, 0.3) is 5.91 Å². The van der Waals surface area contributed by atoms with Crippen LogP contribution in [0.3, 0.4) is 0 Å². The molecule has 0 spiro atoms. The minimum atomic E-state index is -0.691. The van der Waals surface area contributed by atoms with Gasteiger partial charge in [0.1, 0.15) is 17.3 Å². The molecule has 0 radical (unpaired) electrons. The zero-order valence-electron chi connectivity index (χ0n) is 14.9. The molecule has 0 aliphatic carbocycles. The van der Waals surface area contributed by atoms with Crippen LogP contribution in [0.4, 0.5) is 0 Å². The van der Waals surface area contributed by atoms with Crippen molar-refractivity contribution in [3.05, 3.63) is 52.3 Å². The number of hydrogen-bond acceptors (Lipinski definition) is 4. The van der Waals surface area contributed by atoms with E-state index in [1.807, 2.05) is 18.2 Å². The van der Waals surface area contributed by atoms with Gasteiger partial charge in [-0.3, -0.25) is 4.79 Å². The normalized spacial score (nSPS) is 12.0. The van der Waals surface area contributed by atoms with E-state index in [9.17, 15) is 4.79 Å². The smallest absolute Gasteiger partial charge is 0.260 e. The van der Waals surface area contributed by atoms with Crippen LogP contribution in [0.15, 0.2) is 36.4 Å². The minimum Gasteiger partial charge on any atom is -0.497 e. The molecule has 0 saturated heterocycles. The van der Waals surface area contributed by atoms with E-state index in [0.29, 0.717) is 28.8 Å². The number of benzene rings is 2. The number of amides is 1. The number of nitrogens with one attached hydrogen (secondary N) is 2. The maximum absolute atomic E-state index is 12.2. The summed E-state index contributed by atoms with van der Waals surface area (Å²) in [6.07, 6.45) is -0.124. The quantitative estimate of drug-likeness (QED) is 0.620. The highest BCUT2D eigenvalue weighted by Crippen LogP contribution is 2.28. The topological polar surface area (TPSA) is 76.2 Å². The fourth-order valence-corrected chi connectivity index (χ4v) is 3.00. The molecule has 1 aromatic heterocycles. The first kappa shape index (κ1) is 19.3. The van der Waals surface area contributed by atoms with E-state index in [4.69, 9.17) is 32.7 Å². The standard InChI is InChI=1S/C19H19Cl2N3O3/c1-11(27-17-6-3-12(20)9-14(17)21)19(25)22-8-7-18-23-15-5-4-13(26-2)10-16(15)24-18/h3-6,9-11H,7-8H2,1-2H3,(H,22,25)(H,23,24). The summed E-state index contributed by atoms with van der Waals surface area (Å²) < 4.78 is 10.8. The first-order valence-electron chi connectivity index (χ1n) is 8.38. The molecule has 27 heavy (non-hydrogen) atoms. The van der Waals surface area contributed by atoms with Gasteiger partial charge < -0.3 is 19.8 Å². The van der Waals surface area contributed by atoms with Crippen LogP contribution >= 0.6 is 23.2 Å². The second-order valence-corrected chi connectivity index (χ2v) is 6.79. The molecule has 0 bridgehead atoms. The van der Waals surface area contributed by atoms with Crippen molar-refractivity contribution in [3.8, 4) is 11.5 Å². The lowest BCUT2D eigenvalue weighted by Crippen LogP contribution is -2.37. The summed E-state index contributed by atoms with van der Waals surface area (Å²) in [5, 5.41) is 3.70. The van der Waals surface area contributed by atoms with Crippen molar-refractivity contribution in [2.45, 2.75) is 19.4 Å². The maximum Gasteiger partial charge on any atom is 0.260 e. The molecule has 1 atom stereocenters. The van der Waals surface area contributed by atoms with Gasteiger partial charge in [-0.25, -0.2) is 4.98 Å². The molecule has 3 rings (SSSR count). The van der Waals surface area contributed by atoms with Crippen molar-refractivity contribution in [1.82, 2.24) is 15.3 Å². The summed E-state index contributed by atoms with van der Waals surface area (Å²) in [7, 11) is 1.62. The Morgan fingerprint density at radius 3 is 2.81 bits per heavy atom. The summed E-state index contributed by atoms with van der Waals surface area (Å²) in [6.45, 7) is 2.09. The van der Waals surface area contributed by atoms with Gasteiger partial charge in [0, 0.05) is 24.1 Å². The Morgan fingerprint density at radius 2 is 2.07 bits per heavy atom. The van der Waals surface area contributed by atoms with Crippen molar-refractivity contribution in [3.63, 3.8) is 0 Å². The number of imidazole rings is 1. The molecular weight excluding hydrogens is 389 g/mol. The van der Waals surface area contributed by atoms with E-state index in [1.165, 1.54) is 0 Å². The number of carbonyl (C=O) groups excluding carboxylic acids is 1. The van der Waals surface area contributed by atoms with Crippen LogP contribution in [0.5, 0.6) is 11.5 Å². The fourth-order valence-electron chi connectivity index (χ4n) is 2.55. The number of rotatable bonds is 7. The predicted octanol–water partition coefficient (Wildman–Crippen LogP) is 4.00. The summed E-state index contributed by atoms with van der Waals surface area (Å²) in [4.78, 5) is 19.9. The summed E-state index contributed by atoms with van der Waals surface area (Å²) in [5.41, 5.74) is 1.75. The molecule has 1 unspecified atom stereocenters. The summed E-state index contributed by atoms with van der Waals surface area (Å²) in [6, 6.07) is 10.5. The SMILES string of the molecule is COc1ccc2nc(CCNC(=O)C(C)Oc3ccc(Cl)cc3Cl)[nH]c2c1. The second kappa shape index (κ2) is 8.50. The van der Waals surface area contributed by atoms with Crippen molar-refractivity contribution in [1.29, 1.82) is 0 Å². The van der Waals surface area contributed by atoms with Crippen molar-refractivity contribution in [2.24, 2.45) is 0 Å². The molecule has 3 aromatic rings. The van der Waals surface area contributed by atoms with Crippen molar-refractivity contribution >= 4 is 40.1 Å². The van der Waals surface area contributed by atoms with Crippen LogP contribution in [0.25, 0.3) is 11.0 Å². The Labute approximate surface area is 166 Å². The number of H-pyrrole nitrogens is 1. The number of aromatic nitrogens is 2. The Kier molecular flexibility index (Phi) is 6.08. The first-order chi connectivity index (χ1) is 13.0. The molecule has 0 aliphatic heterocycles. The van der Waals surface area contributed by atoms with Gasteiger partial charge in [-0.1, -0.05) is 23.2 Å². The number of halogens is 2. The molecule has 1 heterocycles. The lowest BCUT2D eigenvalue weighted by atomic mass is 10.3. The molecule has 142 valence electrons. The van der Waals surface area contributed by atoms with Gasteiger partial charge in [-0.05, 0) is 37.3 Å². The second-order valence-electron chi connectivity index (χ2n) is 5.94. The number of hydrogen-bond donors (Lipinski definition) is 2. The molecule has 2 N–H and O–H groups in total. The monoisotopic (exact) mass is 407 g/mol. The number of aromatic amines is 1. The predicted molar refractivity (Wildman–Crippen MR) is 106 cm³/mol. The first-order valence-corrected chi connectivity index (χ1v) is 9.14. The molecule has 1 amide bonds. The highest BCUT2D eigenvalue weighted by Gasteiger charge is 2.16.